The molecule has 1 amide bonds. The number of carbonyl (C=O) groups is 1. The molecular weight excluding hydrogens is 398 g/mol. The number of aliphatic hydroxyl groups excluding tert-OH is 1. The molecule has 0 spiro atoms. The number of hydrogen-bond donors (Lipinski definition) is 1. The maximum absolute atomic E-state index is 13.1. The van der Waals surface area contributed by atoms with E-state index in [1.165, 1.54) is 0 Å². The number of nitrogens with zero attached hydrogens (tertiary/aromatic N) is 3. The fourth-order valence-corrected chi connectivity index (χ4v) is 4.10. The van der Waals surface area contributed by atoms with Crippen molar-refractivity contribution < 1.29 is 24.1 Å². The Balaban J connectivity index is 1.52. The molecule has 2 atom stereocenters. The van der Waals surface area contributed by atoms with Gasteiger partial charge in [0.1, 0.15) is 0 Å². The Morgan fingerprint density at radius 2 is 1.84 bits per heavy atom. The zero-order valence-corrected chi connectivity index (χ0v) is 18.9. The van der Waals surface area contributed by atoms with E-state index in [1.807, 2.05) is 36.1 Å². The highest BCUT2D eigenvalue weighted by Gasteiger charge is 2.27. The molecule has 1 N–H and O–H groups in total. The molecule has 8 heteroatoms. The van der Waals surface area contributed by atoms with Crippen molar-refractivity contribution in [1.29, 1.82) is 0 Å². The van der Waals surface area contributed by atoms with Crippen molar-refractivity contribution in [3.05, 3.63) is 35.4 Å². The van der Waals surface area contributed by atoms with Crippen molar-refractivity contribution in [2.45, 2.75) is 19.1 Å². The molecule has 1 aromatic carbocycles. The molecule has 0 unspecified atom stereocenters. The number of ether oxygens (including phenoxy) is 3. The van der Waals surface area contributed by atoms with Crippen LogP contribution in [0.1, 0.15) is 15.9 Å². The maximum atomic E-state index is 13.1. The molecule has 0 aliphatic carbocycles. The van der Waals surface area contributed by atoms with Gasteiger partial charge in [-0.2, -0.15) is 0 Å². The molecule has 3 rings (SSSR count). The first kappa shape index (κ1) is 24.1. The summed E-state index contributed by atoms with van der Waals surface area (Å²) >= 11 is 0. The molecule has 174 valence electrons. The number of aliphatic hydroxyl groups is 1. The molecule has 1 aromatic rings. The Morgan fingerprint density at radius 1 is 1.16 bits per heavy atom. The minimum Gasteiger partial charge on any atom is -0.390 e. The highest BCUT2D eigenvalue weighted by molar-refractivity contribution is 5.94. The molecule has 2 fully saturated rings. The zero-order valence-electron chi connectivity index (χ0n) is 18.9. The molecule has 0 radical (unpaired) electrons. The van der Waals surface area contributed by atoms with Crippen LogP contribution in [0.25, 0.3) is 0 Å². The second-order valence-corrected chi connectivity index (χ2v) is 8.43. The van der Waals surface area contributed by atoms with Gasteiger partial charge in [-0.05, 0) is 19.1 Å². The quantitative estimate of drug-likeness (QED) is 0.573. The van der Waals surface area contributed by atoms with Gasteiger partial charge in [-0.1, -0.05) is 17.7 Å². The third kappa shape index (κ3) is 7.82. The number of methoxy groups -OCH3 is 1. The minimum absolute atomic E-state index is 0.00914. The summed E-state index contributed by atoms with van der Waals surface area (Å²) in [7, 11) is 1.64. The summed E-state index contributed by atoms with van der Waals surface area (Å²) in [5.41, 5.74) is 1.80. The van der Waals surface area contributed by atoms with Crippen LogP contribution in [0.2, 0.25) is 0 Å². The number of hydrogen-bond acceptors (Lipinski definition) is 7. The number of β-amino-alcohol motifs (C(OH)–C–C–N with tert-alkyl or cyclic N) is 1. The van der Waals surface area contributed by atoms with Crippen molar-refractivity contribution in [1.82, 2.24) is 14.7 Å². The summed E-state index contributed by atoms with van der Waals surface area (Å²) in [5, 5.41) is 10.6. The van der Waals surface area contributed by atoms with E-state index in [2.05, 4.69) is 9.80 Å². The van der Waals surface area contributed by atoms with Gasteiger partial charge in [0, 0.05) is 65.0 Å². The second-order valence-electron chi connectivity index (χ2n) is 8.43. The lowest BCUT2D eigenvalue weighted by Gasteiger charge is -2.37. The van der Waals surface area contributed by atoms with Gasteiger partial charge in [0.05, 0.1) is 38.6 Å². The number of morpholine rings is 2. The summed E-state index contributed by atoms with van der Waals surface area (Å²) in [6.07, 6.45) is -0.494. The fourth-order valence-electron chi connectivity index (χ4n) is 4.10. The van der Waals surface area contributed by atoms with Crippen molar-refractivity contribution >= 4 is 5.91 Å². The van der Waals surface area contributed by atoms with Gasteiger partial charge in [0.2, 0.25) is 0 Å². The average Bonchev–Trinajstić information content (AvgIpc) is 2.77. The lowest BCUT2D eigenvalue weighted by Crippen LogP contribution is -2.52. The van der Waals surface area contributed by atoms with Crippen molar-refractivity contribution in [2.75, 3.05) is 85.9 Å². The van der Waals surface area contributed by atoms with Crippen LogP contribution in [-0.4, -0.2) is 124 Å². The first-order valence-electron chi connectivity index (χ1n) is 11.2. The van der Waals surface area contributed by atoms with Gasteiger partial charge in [-0.3, -0.25) is 14.6 Å². The van der Waals surface area contributed by atoms with E-state index in [4.69, 9.17) is 14.2 Å². The van der Waals surface area contributed by atoms with E-state index in [9.17, 15) is 9.90 Å². The van der Waals surface area contributed by atoms with Crippen molar-refractivity contribution in [2.24, 2.45) is 0 Å². The van der Waals surface area contributed by atoms with E-state index >= 15 is 0 Å². The second kappa shape index (κ2) is 12.5. The van der Waals surface area contributed by atoms with Crippen LogP contribution in [0.15, 0.2) is 24.3 Å². The van der Waals surface area contributed by atoms with Crippen LogP contribution in [0.4, 0.5) is 0 Å². The largest absolute Gasteiger partial charge is 0.390 e. The minimum atomic E-state index is -0.407. The van der Waals surface area contributed by atoms with Crippen LogP contribution in [0.3, 0.4) is 0 Å². The van der Waals surface area contributed by atoms with E-state index in [0.29, 0.717) is 51.5 Å². The van der Waals surface area contributed by atoms with Crippen LogP contribution >= 0.6 is 0 Å². The third-order valence-electron chi connectivity index (χ3n) is 5.84. The van der Waals surface area contributed by atoms with E-state index in [-0.39, 0.29) is 12.0 Å². The Hall–Kier alpha value is -1.55. The van der Waals surface area contributed by atoms with Gasteiger partial charge in [-0.25, -0.2) is 0 Å². The number of rotatable bonds is 10. The van der Waals surface area contributed by atoms with Crippen LogP contribution in [0.5, 0.6) is 0 Å². The molecule has 0 bridgehead atoms. The van der Waals surface area contributed by atoms with Crippen molar-refractivity contribution in [3.8, 4) is 0 Å². The molecular formula is C23H37N3O5. The fraction of sp³-hybridized carbons (Fsp3) is 0.696. The summed E-state index contributed by atoms with van der Waals surface area (Å²) in [5.74, 6) is -0.00914. The lowest BCUT2D eigenvalue weighted by atomic mass is 10.1. The first-order valence-corrected chi connectivity index (χ1v) is 11.2. The number of carbonyl (C=O) groups excluding carboxylic acids is 1. The highest BCUT2D eigenvalue weighted by Crippen LogP contribution is 2.12. The predicted octanol–water partition coefficient (Wildman–Crippen LogP) is 0.478. The van der Waals surface area contributed by atoms with Gasteiger partial charge in [0.15, 0.2) is 0 Å². The lowest BCUT2D eigenvalue weighted by molar-refractivity contribution is -0.0564. The summed E-state index contributed by atoms with van der Waals surface area (Å²) in [6.45, 7) is 10.1. The number of benzene rings is 1. The smallest absolute Gasteiger partial charge is 0.254 e. The summed E-state index contributed by atoms with van der Waals surface area (Å²) < 4.78 is 16.6. The van der Waals surface area contributed by atoms with E-state index < -0.39 is 6.10 Å². The molecule has 0 aromatic heterocycles. The topological polar surface area (TPSA) is 74.7 Å². The number of aryl methyl sites for hydroxylation is 1. The third-order valence-corrected chi connectivity index (χ3v) is 5.84. The molecule has 31 heavy (non-hydrogen) atoms. The van der Waals surface area contributed by atoms with Gasteiger partial charge in [-0.15, -0.1) is 0 Å². The molecule has 0 saturated carbocycles. The SMILES string of the molecule is COCCN(C[C@H]1CN(C[C@@H](O)CN2CCOCC2)CCO1)C(=O)c1ccc(C)cc1. The Bertz CT molecular complexity index is 666. The molecule has 2 saturated heterocycles. The van der Waals surface area contributed by atoms with E-state index in [0.717, 1.165) is 38.4 Å². The first-order chi connectivity index (χ1) is 15.0. The van der Waals surface area contributed by atoms with Gasteiger partial charge in [0.25, 0.3) is 5.91 Å². The highest BCUT2D eigenvalue weighted by atomic mass is 16.5. The Labute approximate surface area is 185 Å². The Kier molecular flexibility index (Phi) is 9.70. The normalized spacial score (nSPS) is 21.7. The van der Waals surface area contributed by atoms with Crippen LogP contribution in [0, 0.1) is 6.92 Å². The van der Waals surface area contributed by atoms with E-state index in [1.54, 1.807) is 7.11 Å². The predicted molar refractivity (Wildman–Crippen MR) is 118 cm³/mol. The summed E-state index contributed by atoms with van der Waals surface area (Å²) in [4.78, 5) is 19.4. The average molecular weight is 436 g/mol. The van der Waals surface area contributed by atoms with Gasteiger partial charge >= 0.3 is 0 Å². The number of amides is 1. The monoisotopic (exact) mass is 435 g/mol. The maximum Gasteiger partial charge on any atom is 0.254 e. The van der Waals surface area contributed by atoms with Crippen LogP contribution in [-0.2, 0) is 14.2 Å². The van der Waals surface area contributed by atoms with Crippen molar-refractivity contribution in [3.63, 3.8) is 0 Å². The summed E-state index contributed by atoms with van der Waals surface area (Å²) in [6, 6.07) is 7.65. The van der Waals surface area contributed by atoms with Gasteiger partial charge < -0.3 is 24.2 Å². The van der Waals surface area contributed by atoms with Crippen LogP contribution < -0.4 is 0 Å². The zero-order chi connectivity index (χ0) is 22.1. The molecule has 2 aliphatic rings. The Morgan fingerprint density at radius 3 is 2.55 bits per heavy atom. The molecule has 2 heterocycles. The molecule has 8 nitrogen and oxygen atoms in total. The molecule has 2 aliphatic heterocycles. The standard InChI is InChI=1S/C23H37N3O5/c1-19-3-5-20(6-4-19)23(28)26(10-11-29-2)18-22-17-25(9-14-31-22)16-21(27)15-24-7-12-30-13-8-24/h3-6,21-22,27H,7-18H2,1-2H3/t21-,22+/m0/s1.